The number of carbonyl (C=O) groups is 1. The van der Waals surface area contributed by atoms with Crippen molar-refractivity contribution < 1.29 is 4.79 Å². The largest absolute Gasteiger partial charge is 0.361 e. The van der Waals surface area contributed by atoms with Crippen molar-refractivity contribution in [1.29, 1.82) is 0 Å². The van der Waals surface area contributed by atoms with Crippen LogP contribution in [0.3, 0.4) is 0 Å². The van der Waals surface area contributed by atoms with Gasteiger partial charge in [-0.25, -0.2) is 9.97 Å². The lowest BCUT2D eigenvalue weighted by Crippen LogP contribution is -2.23. The molecule has 0 atom stereocenters. The molecule has 0 saturated heterocycles. The average Bonchev–Trinajstić information content (AvgIpc) is 3.16. The van der Waals surface area contributed by atoms with Crippen molar-refractivity contribution in [3.05, 3.63) is 84.1 Å². The van der Waals surface area contributed by atoms with Crippen LogP contribution >= 0.6 is 0 Å². The first kappa shape index (κ1) is 17.7. The van der Waals surface area contributed by atoms with Gasteiger partial charge in [0.2, 0.25) is 5.95 Å². The Morgan fingerprint density at radius 2 is 1.82 bits per heavy atom. The first-order valence-electron chi connectivity index (χ1n) is 9.07. The quantitative estimate of drug-likeness (QED) is 0.464. The van der Waals surface area contributed by atoms with Crippen LogP contribution in [0.1, 0.15) is 21.5 Å². The van der Waals surface area contributed by atoms with E-state index in [4.69, 9.17) is 0 Å². The van der Waals surface area contributed by atoms with Gasteiger partial charge in [-0.15, -0.1) is 0 Å². The van der Waals surface area contributed by atoms with E-state index in [-0.39, 0.29) is 5.91 Å². The second-order valence-electron chi connectivity index (χ2n) is 6.37. The number of nitrogens with one attached hydrogen (secondary N) is 3. The van der Waals surface area contributed by atoms with Gasteiger partial charge in [-0.2, -0.15) is 0 Å². The molecule has 1 aromatic carbocycles. The van der Waals surface area contributed by atoms with E-state index >= 15 is 0 Å². The van der Waals surface area contributed by atoms with E-state index in [1.54, 1.807) is 12.4 Å². The van der Waals surface area contributed by atoms with Crippen molar-refractivity contribution >= 4 is 22.8 Å². The third kappa shape index (κ3) is 4.15. The SMILES string of the molecule is O=C(NCc1ccncc1)c1cnc(NCCc2c[nH]c3ccccc23)nc1. The molecule has 0 radical (unpaired) electrons. The summed E-state index contributed by atoms with van der Waals surface area (Å²) in [6.45, 7) is 1.14. The number of pyridine rings is 1. The predicted molar refractivity (Wildman–Crippen MR) is 108 cm³/mol. The summed E-state index contributed by atoms with van der Waals surface area (Å²) >= 11 is 0. The fourth-order valence-electron chi connectivity index (χ4n) is 2.97. The number of nitrogens with zero attached hydrogens (tertiary/aromatic N) is 3. The Labute approximate surface area is 162 Å². The number of fused-ring (bicyclic) bond motifs is 1. The Morgan fingerprint density at radius 1 is 1.04 bits per heavy atom. The number of anilines is 1. The van der Waals surface area contributed by atoms with E-state index < -0.39 is 0 Å². The van der Waals surface area contributed by atoms with E-state index in [2.05, 4.69) is 42.7 Å². The molecule has 0 spiro atoms. The maximum absolute atomic E-state index is 12.2. The van der Waals surface area contributed by atoms with Gasteiger partial charge in [-0.05, 0) is 35.7 Å². The topological polar surface area (TPSA) is 95.6 Å². The van der Waals surface area contributed by atoms with Crippen molar-refractivity contribution in [1.82, 2.24) is 25.3 Å². The van der Waals surface area contributed by atoms with Crippen LogP contribution in [-0.2, 0) is 13.0 Å². The third-order valence-electron chi connectivity index (χ3n) is 4.47. The van der Waals surface area contributed by atoms with E-state index in [0.29, 0.717) is 24.6 Å². The van der Waals surface area contributed by atoms with Crippen molar-refractivity contribution in [3.8, 4) is 0 Å². The van der Waals surface area contributed by atoms with Gasteiger partial charge in [0.1, 0.15) is 0 Å². The molecule has 0 aliphatic carbocycles. The Balaban J connectivity index is 1.29. The molecule has 140 valence electrons. The second-order valence-corrected chi connectivity index (χ2v) is 6.37. The highest BCUT2D eigenvalue weighted by atomic mass is 16.1. The summed E-state index contributed by atoms with van der Waals surface area (Å²) < 4.78 is 0. The first-order chi connectivity index (χ1) is 13.8. The van der Waals surface area contributed by atoms with Crippen LogP contribution in [0, 0.1) is 0 Å². The number of benzene rings is 1. The summed E-state index contributed by atoms with van der Waals surface area (Å²) in [4.78, 5) is 27.9. The van der Waals surface area contributed by atoms with Gasteiger partial charge in [0.25, 0.3) is 5.91 Å². The zero-order valence-electron chi connectivity index (χ0n) is 15.2. The number of H-pyrrole nitrogens is 1. The highest BCUT2D eigenvalue weighted by Gasteiger charge is 2.07. The lowest BCUT2D eigenvalue weighted by atomic mass is 10.1. The molecule has 1 amide bonds. The highest BCUT2D eigenvalue weighted by Crippen LogP contribution is 2.18. The van der Waals surface area contributed by atoms with Gasteiger partial charge < -0.3 is 15.6 Å². The fraction of sp³-hybridized carbons (Fsp3) is 0.143. The fourth-order valence-corrected chi connectivity index (χ4v) is 2.97. The van der Waals surface area contributed by atoms with Crippen LogP contribution in [0.2, 0.25) is 0 Å². The maximum atomic E-state index is 12.2. The summed E-state index contributed by atoms with van der Waals surface area (Å²) in [6.07, 6.45) is 9.33. The number of amides is 1. The minimum absolute atomic E-state index is 0.206. The monoisotopic (exact) mass is 372 g/mol. The number of carbonyl (C=O) groups excluding carboxylic acids is 1. The summed E-state index contributed by atoms with van der Waals surface area (Å²) in [5.41, 5.74) is 3.79. The van der Waals surface area contributed by atoms with Crippen molar-refractivity contribution in [2.45, 2.75) is 13.0 Å². The maximum Gasteiger partial charge on any atom is 0.254 e. The van der Waals surface area contributed by atoms with Crippen LogP contribution in [0.15, 0.2) is 67.4 Å². The van der Waals surface area contributed by atoms with Crippen LogP contribution in [0.25, 0.3) is 10.9 Å². The molecule has 0 bridgehead atoms. The van der Waals surface area contributed by atoms with E-state index in [9.17, 15) is 4.79 Å². The third-order valence-corrected chi connectivity index (χ3v) is 4.47. The highest BCUT2D eigenvalue weighted by molar-refractivity contribution is 5.93. The molecule has 7 nitrogen and oxygen atoms in total. The van der Waals surface area contributed by atoms with E-state index in [0.717, 1.165) is 17.5 Å². The number of hydrogen-bond donors (Lipinski definition) is 3. The molecule has 0 saturated carbocycles. The number of aromatic amines is 1. The normalized spacial score (nSPS) is 10.7. The Kier molecular flexibility index (Phi) is 5.24. The second kappa shape index (κ2) is 8.30. The van der Waals surface area contributed by atoms with Crippen molar-refractivity contribution in [2.75, 3.05) is 11.9 Å². The Hall–Kier alpha value is -3.74. The molecule has 28 heavy (non-hydrogen) atoms. The van der Waals surface area contributed by atoms with Gasteiger partial charge in [0.15, 0.2) is 0 Å². The van der Waals surface area contributed by atoms with E-state index in [1.807, 2.05) is 30.5 Å². The van der Waals surface area contributed by atoms with Crippen LogP contribution in [0.4, 0.5) is 5.95 Å². The lowest BCUT2D eigenvalue weighted by Gasteiger charge is -2.07. The minimum atomic E-state index is -0.206. The summed E-state index contributed by atoms with van der Waals surface area (Å²) in [5.74, 6) is 0.299. The summed E-state index contributed by atoms with van der Waals surface area (Å²) in [5, 5.41) is 7.27. The molecule has 4 aromatic rings. The van der Waals surface area contributed by atoms with Gasteiger partial charge >= 0.3 is 0 Å². The van der Waals surface area contributed by atoms with Gasteiger partial charge in [-0.3, -0.25) is 9.78 Å². The lowest BCUT2D eigenvalue weighted by molar-refractivity contribution is 0.0950. The van der Waals surface area contributed by atoms with E-state index in [1.165, 1.54) is 23.3 Å². The molecule has 3 N–H and O–H groups in total. The molecule has 3 aromatic heterocycles. The first-order valence-corrected chi connectivity index (χ1v) is 9.07. The zero-order valence-corrected chi connectivity index (χ0v) is 15.2. The Morgan fingerprint density at radius 3 is 2.64 bits per heavy atom. The minimum Gasteiger partial charge on any atom is -0.361 e. The van der Waals surface area contributed by atoms with Crippen LogP contribution in [0.5, 0.6) is 0 Å². The van der Waals surface area contributed by atoms with Crippen LogP contribution in [-0.4, -0.2) is 32.4 Å². The average molecular weight is 372 g/mol. The Bertz CT molecular complexity index is 1060. The smallest absolute Gasteiger partial charge is 0.254 e. The zero-order chi connectivity index (χ0) is 19.2. The molecule has 0 aliphatic heterocycles. The summed E-state index contributed by atoms with van der Waals surface area (Å²) in [6, 6.07) is 11.9. The number of para-hydroxylation sites is 1. The molecular weight excluding hydrogens is 352 g/mol. The molecular formula is C21H20N6O. The number of aromatic nitrogens is 4. The number of hydrogen-bond acceptors (Lipinski definition) is 5. The van der Waals surface area contributed by atoms with Crippen LogP contribution < -0.4 is 10.6 Å². The van der Waals surface area contributed by atoms with Gasteiger partial charge in [0, 0.05) is 55.0 Å². The molecule has 7 heteroatoms. The summed E-state index contributed by atoms with van der Waals surface area (Å²) in [7, 11) is 0. The number of rotatable bonds is 7. The van der Waals surface area contributed by atoms with Crippen molar-refractivity contribution in [3.63, 3.8) is 0 Å². The van der Waals surface area contributed by atoms with Gasteiger partial charge in [-0.1, -0.05) is 18.2 Å². The molecule has 0 unspecified atom stereocenters. The van der Waals surface area contributed by atoms with Gasteiger partial charge in [0.05, 0.1) is 5.56 Å². The van der Waals surface area contributed by atoms with Crippen molar-refractivity contribution in [2.24, 2.45) is 0 Å². The standard InChI is InChI=1S/C21H20N6O/c28-20(25-11-15-5-8-22-9-6-15)17-13-26-21(27-14-17)23-10-7-16-12-24-19-4-2-1-3-18(16)19/h1-6,8-9,12-14,24H,7,10-11H2,(H,25,28)(H,23,26,27). The molecule has 4 rings (SSSR count). The predicted octanol–water partition coefficient (Wildman–Crippen LogP) is 2.94. The molecule has 0 aliphatic rings. The molecule has 0 fully saturated rings. The molecule has 3 heterocycles.